The maximum absolute atomic E-state index is 11.1. The van der Waals surface area contributed by atoms with E-state index in [9.17, 15) is 10.4 Å². The number of nitrogens with zero attached hydrogens (tertiary/aromatic N) is 1. The van der Waals surface area contributed by atoms with Crippen LogP contribution in [-0.4, -0.2) is 23.9 Å². The van der Waals surface area contributed by atoms with E-state index < -0.39 is 11.0 Å². The van der Waals surface area contributed by atoms with Gasteiger partial charge in [0.1, 0.15) is 5.41 Å². The molecule has 0 aromatic heterocycles. The first-order valence-electron chi connectivity index (χ1n) is 7.54. The fraction of sp³-hybridized carbons (Fsp3) is 0.938. The van der Waals surface area contributed by atoms with Crippen molar-refractivity contribution in [2.75, 3.05) is 13.2 Å². The van der Waals surface area contributed by atoms with E-state index in [1.54, 1.807) is 0 Å². The lowest BCUT2D eigenvalue weighted by molar-refractivity contribution is -0.0707. The summed E-state index contributed by atoms with van der Waals surface area (Å²) in [4.78, 5) is 0. The fourth-order valence-electron chi connectivity index (χ4n) is 3.79. The minimum atomic E-state index is -0.849. The molecule has 1 heterocycles. The van der Waals surface area contributed by atoms with Gasteiger partial charge in [0, 0.05) is 6.61 Å². The molecule has 3 unspecified atom stereocenters. The van der Waals surface area contributed by atoms with Gasteiger partial charge in [-0.25, -0.2) is 0 Å². The van der Waals surface area contributed by atoms with Crippen molar-refractivity contribution in [1.82, 2.24) is 0 Å². The number of nitriles is 1. The van der Waals surface area contributed by atoms with Crippen molar-refractivity contribution in [2.45, 2.75) is 64.9 Å². The fourth-order valence-corrected chi connectivity index (χ4v) is 3.79. The van der Waals surface area contributed by atoms with Crippen LogP contribution in [0.4, 0.5) is 0 Å². The zero-order valence-electron chi connectivity index (χ0n) is 12.5. The average Bonchev–Trinajstić information content (AvgIpc) is 2.73. The highest BCUT2D eigenvalue weighted by molar-refractivity contribution is 5.14. The van der Waals surface area contributed by atoms with Crippen LogP contribution in [0, 0.1) is 28.1 Å². The molecule has 2 rings (SSSR count). The summed E-state index contributed by atoms with van der Waals surface area (Å²) in [5, 5.41) is 20.6. The van der Waals surface area contributed by atoms with Crippen molar-refractivity contribution in [3.8, 4) is 6.07 Å². The van der Waals surface area contributed by atoms with Crippen LogP contribution in [0.15, 0.2) is 0 Å². The van der Waals surface area contributed by atoms with E-state index in [2.05, 4.69) is 26.8 Å². The third-order valence-corrected chi connectivity index (χ3v) is 5.40. The molecule has 3 nitrogen and oxygen atoms in total. The molecule has 3 atom stereocenters. The summed E-state index contributed by atoms with van der Waals surface area (Å²) >= 11 is 0. The van der Waals surface area contributed by atoms with Crippen molar-refractivity contribution < 1.29 is 9.84 Å². The number of hydrogen-bond donors (Lipinski definition) is 1. The van der Waals surface area contributed by atoms with Crippen molar-refractivity contribution in [1.29, 1.82) is 5.26 Å². The Morgan fingerprint density at radius 2 is 1.95 bits per heavy atom. The predicted octanol–water partition coefficient (Wildman–Crippen LogP) is 3.27. The largest absolute Gasteiger partial charge is 0.388 e. The van der Waals surface area contributed by atoms with E-state index in [-0.39, 0.29) is 5.41 Å². The van der Waals surface area contributed by atoms with E-state index in [0.717, 1.165) is 32.1 Å². The quantitative estimate of drug-likeness (QED) is 0.740. The first-order chi connectivity index (χ1) is 8.83. The molecule has 0 radical (unpaired) electrons. The van der Waals surface area contributed by atoms with Gasteiger partial charge in [0.15, 0.2) is 0 Å². The van der Waals surface area contributed by atoms with Crippen LogP contribution in [0.3, 0.4) is 0 Å². The minimum Gasteiger partial charge on any atom is -0.388 e. The molecular weight excluding hydrogens is 238 g/mol. The molecule has 1 aliphatic heterocycles. The lowest BCUT2D eigenvalue weighted by Crippen LogP contribution is -2.48. The van der Waals surface area contributed by atoms with Gasteiger partial charge >= 0.3 is 0 Å². The van der Waals surface area contributed by atoms with Crippen molar-refractivity contribution in [3.05, 3.63) is 0 Å². The second-order valence-electron chi connectivity index (χ2n) is 7.52. The summed E-state index contributed by atoms with van der Waals surface area (Å²) < 4.78 is 5.42. The highest BCUT2D eigenvalue weighted by atomic mass is 16.5. The van der Waals surface area contributed by atoms with Gasteiger partial charge in [0.2, 0.25) is 0 Å². The summed E-state index contributed by atoms with van der Waals surface area (Å²) in [6.45, 7) is 7.85. The van der Waals surface area contributed by atoms with Crippen molar-refractivity contribution >= 4 is 0 Å². The van der Waals surface area contributed by atoms with Gasteiger partial charge in [-0.15, -0.1) is 0 Å². The standard InChI is InChI=1S/C16H27NO2/c1-14(2,3)13-5-4-7-16(18,8-6-13)15(11-17)9-10-19-12-15/h13,18H,4-10,12H2,1-3H3. The Bertz CT molecular complexity index is 360. The Kier molecular flexibility index (Phi) is 3.95. The average molecular weight is 265 g/mol. The highest BCUT2D eigenvalue weighted by Crippen LogP contribution is 2.49. The maximum Gasteiger partial charge on any atom is 0.111 e. The number of aliphatic hydroxyl groups is 1. The van der Waals surface area contributed by atoms with Gasteiger partial charge in [-0.2, -0.15) is 5.26 Å². The van der Waals surface area contributed by atoms with Gasteiger partial charge in [-0.05, 0) is 43.4 Å². The first-order valence-corrected chi connectivity index (χ1v) is 7.54. The Hall–Kier alpha value is -0.590. The predicted molar refractivity (Wildman–Crippen MR) is 74.5 cm³/mol. The molecule has 0 bridgehead atoms. The van der Waals surface area contributed by atoms with Crippen LogP contribution < -0.4 is 0 Å². The highest BCUT2D eigenvalue weighted by Gasteiger charge is 2.53. The van der Waals surface area contributed by atoms with Gasteiger partial charge in [0.05, 0.1) is 18.3 Å². The molecule has 1 saturated carbocycles. The third-order valence-electron chi connectivity index (χ3n) is 5.40. The van der Waals surface area contributed by atoms with Crippen LogP contribution in [0.25, 0.3) is 0 Å². The Morgan fingerprint density at radius 1 is 1.21 bits per heavy atom. The monoisotopic (exact) mass is 265 g/mol. The second kappa shape index (κ2) is 5.07. The van der Waals surface area contributed by atoms with Crippen LogP contribution in [-0.2, 0) is 4.74 Å². The summed E-state index contributed by atoms with van der Waals surface area (Å²) in [5.74, 6) is 0.639. The minimum absolute atomic E-state index is 0.289. The van der Waals surface area contributed by atoms with Crippen LogP contribution in [0.2, 0.25) is 0 Å². The van der Waals surface area contributed by atoms with Crippen molar-refractivity contribution in [3.63, 3.8) is 0 Å². The van der Waals surface area contributed by atoms with Crippen LogP contribution in [0.5, 0.6) is 0 Å². The van der Waals surface area contributed by atoms with E-state index in [4.69, 9.17) is 4.74 Å². The van der Waals surface area contributed by atoms with Gasteiger partial charge < -0.3 is 9.84 Å². The van der Waals surface area contributed by atoms with E-state index >= 15 is 0 Å². The molecule has 1 aliphatic carbocycles. The van der Waals surface area contributed by atoms with Crippen LogP contribution >= 0.6 is 0 Å². The van der Waals surface area contributed by atoms with E-state index in [1.807, 2.05) is 0 Å². The maximum atomic E-state index is 11.1. The molecule has 2 aliphatic rings. The molecule has 19 heavy (non-hydrogen) atoms. The molecular formula is C16H27NO2. The summed E-state index contributed by atoms with van der Waals surface area (Å²) in [6.07, 6.45) is 5.36. The first kappa shape index (κ1) is 14.8. The molecule has 0 spiro atoms. The topological polar surface area (TPSA) is 53.2 Å². The molecule has 1 saturated heterocycles. The molecule has 108 valence electrons. The summed E-state index contributed by atoms with van der Waals surface area (Å²) in [6, 6.07) is 2.39. The third kappa shape index (κ3) is 2.66. The van der Waals surface area contributed by atoms with E-state index in [0.29, 0.717) is 25.6 Å². The normalized spacial score (nSPS) is 40.7. The SMILES string of the molecule is CC(C)(C)C1CCCC(O)(C2(C#N)CCOC2)CC1. The Morgan fingerprint density at radius 3 is 2.47 bits per heavy atom. The van der Waals surface area contributed by atoms with Crippen molar-refractivity contribution in [2.24, 2.45) is 16.7 Å². The lowest BCUT2D eigenvalue weighted by Gasteiger charge is -2.39. The van der Waals surface area contributed by atoms with Gasteiger partial charge in [0.25, 0.3) is 0 Å². The molecule has 0 aromatic rings. The zero-order chi connectivity index (χ0) is 14.1. The van der Waals surface area contributed by atoms with Gasteiger partial charge in [-0.1, -0.05) is 27.2 Å². The Labute approximate surface area is 117 Å². The van der Waals surface area contributed by atoms with Crippen LogP contribution in [0.1, 0.15) is 59.3 Å². The zero-order valence-corrected chi connectivity index (χ0v) is 12.5. The second-order valence-corrected chi connectivity index (χ2v) is 7.52. The van der Waals surface area contributed by atoms with E-state index in [1.165, 1.54) is 0 Å². The summed E-state index contributed by atoms with van der Waals surface area (Å²) in [7, 11) is 0. The smallest absolute Gasteiger partial charge is 0.111 e. The summed E-state index contributed by atoms with van der Waals surface area (Å²) in [5.41, 5.74) is -1.23. The molecule has 0 aromatic carbocycles. The van der Waals surface area contributed by atoms with Gasteiger partial charge in [-0.3, -0.25) is 0 Å². The molecule has 1 N–H and O–H groups in total. The molecule has 0 amide bonds. The number of rotatable bonds is 1. The number of ether oxygens (including phenoxy) is 1. The molecule has 2 fully saturated rings. The number of hydrogen-bond acceptors (Lipinski definition) is 3. The lowest BCUT2D eigenvalue weighted by atomic mass is 9.68. The molecule has 3 heteroatoms. The Balaban J connectivity index is 2.15.